The minimum atomic E-state index is -2.71. The highest BCUT2D eigenvalue weighted by molar-refractivity contribution is 6.34. The van der Waals surface area contributed by atoms with Crippen LogP contribution in [-0.2, 0) is 15.0 Å². The van der Waals surface area contributed by atoms with Crippen molar-refractivity contribution in [1.82, 2.24) is 24.5 Å². The zero-order chi connectivity index (χ0) is 24.7. The maximum atomic E-state index is 12.4. The standard InChI is InChI=1S/C25H29ClF2N6O2/c1-23(14-35-15-23)32-4-2-31(3-5-32)21-7-20-17(6-19(21)26)8-30-34(20)18-9-29-33(10-18)25-11-24(12-25,13-25)16-36-22(27)28/h6-10,22H,2-5,11-16H2,1H3. The van der Waals surface area contributed by atoms with E-state index in [-0.39, 0.29) is 23.1 Å². The maximum Gasteiger partial charge on any atom is 0.345 e. The van der Waals surface area contributed by atoms with Crippen molar-refractivity contribution in [2.45, 2.75) is 43.9 Å². The fourth-order valence-corrected chi connectivity index (χ4v) is 7.10. The van der Waals surface area contributed by atoms with Gasteiger partial charge in [0.2, 0.25) is 0 Å². The van der Waals surface area contributed by atoms with Crippen LogP contribution in [0.4, 0.5) is 14.5 Å². The first-order valence-corrected chi connectivity index (χ1v) is 12.9. The molecule has 3 aromatic rings. The quantitative estimate of drug-likeness (QED) is 0.473. The number of benzene rings is 1. The molecule has 0 radical (unpaired) electrons. The van der Waals surface area contributed by atoms with Crippen molar-refractivity contribution in [3.63, 3.8) is 0 Å². The van der Waals surface area contributed by atoms with Gasteiger partial charge in [0.05, 0.1) is 65.7 Å². The lowest BCUT2D eigenvalue weighted by Crippen LogP contribution is -2.69. The van der Waals surface area contributed by atoms with Crippen LogP contribution in [0.15, 0.2) is 30.7 Å². The van der Waals surface area contributed by atoms with Crippen LogP contribution in [0.5, 0.6) is 0 Å². The van der Waals surface area contributed by atoms with Crippen molar-refractivity contribution >= 4 is 28.2 Å². The molecule has 5 aliphatic rings. The molecular formula is C25H29ClF2N6O2. The topological polar surface area (TPSA) is 60.6 Å². The number of aromatic nitrogens is 4. The van der Waals surface area contributed by atoms with E-state index in [4.69, 9.17) is 16.3 Å². The number of fused-ring (bicyclic) bond motifs is 1. The molecule has 4 heterocycles. The van der Waals surface area contributed by atoms with Crippen LogP contribution in [0.25, 0.3) is 16.6 Å². The van der Waals surface area contributed by atoms with E-state index in [2.05, 4.69) is 37.7 Å². The summed E-state index contributed by atoms with van der Waals surface area (Å²) in [5.41, 5.74) is 2.85. The number of nitrogens with zero attached hydrogens (tertiary/aromatic N) is 6. The fourth-order valence-electron chi connectivity index (χ4n) is 6.81. The lowest BCUT2D eigenvalue weighted by atomic mass is 9.39. The number of ether oxygens (including phenoxy) is 2. The van der Waals surface area contributed by atoms with Gasteiger partial charge in [0.25, 0.3) is 0 Å². The molecule has 3 aliphatic carbocycles. The summed E-state index contributed by atoms with van der Waals surface area (Å²) in [6.45, 7) is 5.07. The van der Waals surface area contributed by atoms with Gasteiger partial charge in [-0.2, -0.15) is 19.0 Å². The molecule has 0 unspecified atom stereocenters. The van der Waals surface area contributed by atoms with Gasteiger partial charge in [-0.3, -0.25) is 9.58 Å². The normalized spacial score (nSPS) is 29.3. The average molecular weight is 519 g/mol. The van der Waals surface area contributed by atoms with Gasteiger partial charge in [-0.25, -0.2) is 4.68 Å². The Hall–Kier alpha value is -2.27. The van der Waals surface area contributed by atoms with Crippen molar-refractivity contribution in [1.29, 1.82) is 0 Å². The number of anilines is 1. The zero-order valence-corrected chi connectivity index (χ0v) is 20.9. The molecule has 36 heavy (non-hydrogen) atoms. The molecule has 2 aromatic heterocycles. The van der Waals surface area contributed by atoms with E-state index in [0.29, 0.717) is 0 Å². The summed E-state index contributed by atoms with van der Waals surface area (Å²) >= 11 is 6.72. The number of hydrogen-bond acceptors (Lipinski definition) is 6. The molecule has 5 fully saturated rings. The summed E-state index contributed by atoms with van der Waals surface area (Å²) < 4.78 is 38.8. The van der Waals surface area contributed by atoms with E-state index in [1.54, 1.807) is 0 Å². The van der Waals surface area contributed by atoms with Gasteiger partial charge in [0, 0.05) is 37.0 Å². The Labute approximate surface area is 212 Å². The van der Waals surface area contributed by atoms with Crippen LogP contribution < -0.4 is 4.90 Å². The van der Waals surface area contributed by atoms with Gasteiger partial charge in [0.1, 0.15) is 5.69 Å². The molecule has 2 saturated heterocycles. The smallest absolute Gasteiger partial charge is 0.345 e. The van der Waals surface area contributed by atoms with Crippen molar-refractivity contribution in [2.75, 3.05) is 50.9 Å². The minimum Gasteiger partial charge on any atom is -0.377 e. The fraction of sp³-hybridized carbons (Fsp3) is 0.600. The summed E-state index contributed by atoms with van der Waals surface area (Å²) in [7, 11) is 0. The second-order valence-corrected chi connectivity index (χ2v) is 11.8. The monoisotopic (exact) mass is 518 g/mol. The van der Waals surface area contributed by atoms with Crippen LogP contribution in [0.3, 0.4) is 0 Å². The van der Waals surface area contributed by atoms with Gasteiger partial charge < -0.3 is 14.4 Å². The Morgan fingerprint density at radius 3 is 2.50 bits per heavy atom. The molecule has 1 aromatic carbocycles. The number of alkyl halides is 2. The Balaban J connectivity index is 1.10. The van der Waals surface area contributed by atoms with Crippen LogP contribution in [0.1, 0.15) is 26.2 Å². The van der Waals surface area contributed by atoms with E-state index >= 15 is 0 Å². The number of rotatable bonds is 7. The summed E-state index contributed by atoms with van der Waals surface area (Å²) in [6, 6.07) is 4.12. The van der Waals surface area contributed by atoms with Gasteiger partial charge in [-0.05, 0) is 38.3 Å². The van der Waals surface area contributed by atoms with Crippen LogP contribution in [-0.4, -0.2) is 82.6 Å². The second kappa shape index (κ2) is 7.86. The van der Waals surface area contributed by atoms with Crippen molar-refractivity contribution in [2.24, 2.45) is 5.41 Å². The Morgan fingerprint density at radius 1 is 1.08 bits per heavy atom. The molecule has 2 aliphatic heterocycles. The van der Waals surface area contributed by atoms with Gasteiger partial charge in [0.15, 0.2) is 0 Å². The summed E-state index contributed by atoms with van der Waals surface area (Å²) in [5.74, 6) is 0. The van der Waals surface area contributed by atoms with Gasteiger partial charge in [-0.1, -0.05) is 11.6 Å². The van der Waals surface area contributed by atoms with E-state index in [9.17, 15) is 8.78 Å². The van der Waals surface area contributed by atoms with Crippen LogP contribution >= 0.6 is 11.6 Å². The van der Waals surface area contributed by atoms with E-state index in [1.165, 1.54) is 0 Å². The molecule has 2 bridgehead atoms. The van der Waals surface area contributed by atoms with Crippen molar-refractivity contribution < 1.29 is 18.3 Å². The first-order chi connectivity index (χ1) is 17.3. The number of piperazine rings is 1. The highest BCUT2D eigenvalue weighted by atomic mass is 35.5. The first kappa shape index (κ1) is 22.9. The molecule has 11 heteroatoms. The molecule has 192 valence electrons. The Kier molecular flexibility index (Phi) is 5.00. The highest BCUT2D eigenvalue weighted by Gasteiger charge is 2.69. The third kappa shape index (κ3) is 3.41. The summed E-state index contributed by atoms with van der Waals surface area (Å²) in [4.78, 5) is 4.87. The third-order valence-corrected chi connectivity index (χ3v) is 9.08. The summed E-state index contributed by atoms with van der Waals surface area (Å²) in [6.07, 6.45) is 8.14. The molecule has 3 saturated carbocycles. The van der Waals surface area contributed by atoms with E-state index < -0.39 is 6.61 Å². The highest BCUT2D eigenvalue weighted by Crippen LogP contribution is 2.71. The number of halogens is 3. The molecular weight excluding hydrogens is 490 g/mol. The molecule has 0 amide bonds. The Bertz CT molecular complexity index is 1290. The molecule has 0 atom stereocenters. The van der Waals surface area contributed by atoms with Crippen LogP contribution in [0.2, 0.25) is 5.02 Å². The van der Waals surface area contributed by atoms with E-state index in [0.717, 1.165) is 86.0 Å². The second-order valence-electron chi connectivity index (χ2n) is 11.4. The lowest BCUT2D eigenvalue weighted by Gasteiger charge is -2.70. The lowest BCUT2D eigenvalue weighted by molar-refractivity contribution is -0.255. The molecule has 0 N–H and O–H groups in total. The first-order valence-electron chi connectivity index (χ1n) is 12.5. The predicted octanol–water partition coefficient (Wildman–Crippen LogP) is 3.90. The Morgan fingerprint density at radius 2 is 1.83 bits per heavy atom. The largest absolute Gasteiger partial charge is 0.377 e. The van der Waals surface area contributed by atoms with Gasteiger partial charge >= 0.3 is 6.61 Å². The van der Waals surface area contributed by atoms with Crippen molar-refractivity contribution in [3.05, 3.63) is 35.7 Å². The van der Waals surface area contributed by atoms with Crippen LogP contribution in [0, 0.1) is 5.41 Å². The minimum absolute atomic E-state index is 0.0804. The predicted molar refractivity (Wildman–Crippen MR) is 131 cm³/mol. The number of hydrogen-bond donors (Lipinski definition) is 0. The van der Waals surface area contributed by atoms with E-state index in [1.807, 2.05) is 34.0 Å². The zero-order valence-electron chi connectivity index (χ0n) is 20.2. The molecule has 0 spiro atoms. The summed E-state index contributed by atoms with van der Waals surface area (Å²) in [5, 5.41) is 11.0. The molecule has 8 nitrogen and oxygen atoms in total. The molecule has 8 rings (SSSR count). The third-order valence-electron chi connectivity index (χ3n) is 8.77. The average Bonchev–Trinajstić information content (AvgIpc) is 3.42. The SMILES string of the molecule is CC1(N2CCN(c3cc4c(cnn4-c4cnn(C56CC(COC(F)F)(C5)C6)c4)cc3Cl)CC2)COC1. The maximum absolute atomic E-state index is 12.4. The van der Waals surface area contributed by atoms with Gasteiger partial charge in [-0.15, -0.1) is 0 Å². The van der Waals surface area contributed by atoms with Crippen molar-refractivity contribution in [3.8, 4) is 5.69 Å².